The van der Waals surface area contributed by atoms with Crippen molar-refractivity contribution in [2.45, 2.75) is 45.1 Å². The first kappa shape index (κ1) is 15.8. The molecule has 0 aromatic heterocycles. The average Bonchev–Trinajstić information content (AvgIpc) is 2.51. The first-order valence-electron chi connectivity index (χ1n) is 7.91. The lowest BCUT2D eigenvalue weighted by atomic mass is 10.0. The minimum atomic E-state index is -0.0296. The molecule has 0 radical (unpaired) electrons. The Balaban J connectivity index is 1.71. The molecular weight excluding hydrogens is 264 g/mol. The number of hydrogen-bond acceptors (Lipinski definition) is 2. The summed E-state index contributed by atoms with van der Waals surface area (Å²) < 4.78 is 0. The van der Waals surface area contributed by atoms with Gasteiger partial charge < -0.3 is 15.3 Å². The smallest absolute Gasteiger partial charge is 0.317 e. The summed E-state index contributed by atoms with van der Waals surface area (Å²) in [7, 11) is 0. The number of urea groups is 1. The predicted molar refractivity (Wildman–Crippen MR) is 84.3 cm³/mol. The van der Waals surface area contributed by atoms with Gasteiger partial charge in [-0.05, 0) is 44.6 Å². The monoisotopic (exact) mass is 290 g/mol. The van der Waals surface area contributed by atoms with Crippen LogP contribution in [-0.4, -0.2) is 41.8 Å². The molecule has 1 atom stereocenters. The van der Waals surface area contributed by atoms with E-state index in [2.05, 4.69) is 36.5 Å². The Kier molecular flexibility index (Phi) is 6.05. The van der Waals surface area contributed by atoms with Crippen LogP contribution in [0.25, 0.3) is 0 Å². The summed E-state index contributed by atoms with van der Waals surface area (Å²) in [4.78, 5) is 13.9. The minimum absolute atomic E-state index is 0.00415. The molecule has 0 saturated carbocycles. The number of rotatable bonds is 5. The van der Waals surface area contributed by atoms with Gasteiger partial charge >= 0.3 is 6.03 Å². The van der Waals surface area contributed by atoms with Crippen molar-refractivity contribution in [2.24, 2.45) is 0 Å². The lowest BCUT2D eigenvalue weighted by Gasteiger charge is -2.34. The van der Waals surface area contributed by atoms with Crippen LogP contribution in [0.4, 0.5) is 4.79 Å². The van der Waals surface area contributed by atoms with E-state index in [1.807, 2.05) is 0 Å². The number of aryl methyl sites for hydroxylation is 2. The Morgan fingerprint density at radius 1 is 1.43 bits per heavy atom. The number of likely N-dealkylation sites (tertiary alicyclic amines) is 1. The average molecular weight is 290 g/mol. The van der Waals surface area contributed by atoms with Gasteiger partial charge in [-0.3, -0.25) is 0 Å². The fourth-order valence-electron chi connectivity index (χ4n) is 2.91. The summed E-state index contributed by atoms with van der Waals surface area (Å²) in [5.41, 5.74) is 2.59. The molecule has 21 heavy (non-hydrogen) atoms. The maximum Gasteiger partial charge on any atom is 0.317 e. The number of hydrogen-bond donors (Lipinski definition) is 2. The summed E-state index contributed by atoms with van der Waals surface area (Å²) in [6.45, 7) is 3.60. The molecule has 2 N–H and O–H groups in total. The highest BCUT2D eigenvalue weighted by Crippen LogP contribution is 2.16. The van der Waals surface area contributed by atoms with Crippen molar-refractivity contribution >= 4 is 6.03 Å². The molecule has 0 unspecified atom stereocenters. The van der Waals surface area contributed by atoms with Crippen LogP contribution in [0.15, 0.2) is 24.3 Å². The molecule has 0 aliphatic carbocycles. The molecule has 1 aliphatic heterocycles. The van der Waals surface area contributed by atoms with Crippen molar-refractivity contribution in [3.63, 3.8) is 0 Å². The molecule has 1 heterocycles. The number of nitrogens with one attached hydrogen (secondary N) is 1. The SMILES string of the molecule is Cc1cccc(CCCNC(=O)N2CCCC[C@@H]2CO)c1. The molecule has 116 valence electrons. The third-order valence-electron chi connectivity index (χ3n) is 4.10. The van der Waals surface area contributed by atoms with Gasteiger partial charge in [0.15, 0.2) is 0 Å². The fraction of sp³-hybridized carbons (Fsp3) is 0.588. The van der Waals surface area contributed by atoms with Gasteiger partial charge in [0.2, 0.25) is 0 Å². The minimum Gasteiger partial charge on any atom is -0.394 e. The van der Waals surface area contributed by atoms with Crippen LogP contribution in [0.2, 0.25) is 0 Å². The second-order valence-electron chi connectivity index (χ2n) is 5.85. The molecule has 1 saturated heterocycles. The summed E-state index contributed by atoms with van der Waals surface area (Å²) in [6, 6.07) is 8.45. The molecule has 1 fully saturated rings. The Bertz CT molecular complexity index is 462. The molecule has 0 spiro atoms. The zero-order valence-corrected chi connectivity index (χ0v) is 12.8. The third-order valence-corrected chi connectivity index (χ3v) is 4.10. The highest BCUT2D eigenvalue weighted by atomic mass is 16.3. The van der Waals surface area contributed by atoms with Gasteiger partial charge in [-0.15, -0.1) is 0 Å². The zero-order chi connectivity index (χ0) is 15.1. The lowest BCUT2D eigenvalue weighted by molar-refractivity contribution is 0.108. The number of carbonyl (C=O) groups is 1. The normalized spacial score (nSPS) is 18.6. The first-order chi connectivity index (χ1) is 10.2. The van der Waals surface area contributed by atoms with Gasteiger partial charge in [0, 0.05) is 13.1 Å². The fourth-order valence-corrected chi connectivity index (χ4v) is 2.91. The topological polar surface area (TPSA) is 52.6 Å². The quantitative estimate of drug-likeness (QED) is 0.819. The standard InChI is InChI=1S/C17H26N2O2/c1-14-6-4-7-15(12-14)8-5-10-18-17(21)19-11-3-2-9-16(19)13-20/h4,6-7,12,16,20H,2-3,5,8-11,13H2,1H3,(H,18,21)/t16-/m1/s1. The van der Waals surface area contributed by atoms with Gasteiger partial charge in [-0.2, -0.15) is 0 Å². The number of amides is 2. The van der Waals surface area contributed by atoms with E-state index in [0.717, 1.165) is 38.6 Å². The van der Waals surface area contributed by atoms with Crippen molar-refractivity contribution in [3.05, 3.63) is 35.4 Å². The van der Waals surface area contributed by atoms with E-state index >= 15 is 0 Å². The van der Waals surface area contributed by atoms with E-state index in [9.17, 15) is 9.90 Å². The van der Waals surface area contributed by atoms with Crippen LogP contribution >= 0.6 is 0 Å². The number of aliphatic hydroxyl groups is 1. The summed E-state index contributed by atoms with van der Waals surface area (Å²) in [5.74, 6) is 0. The highest BCUT2D eigenvalue weighted by Gasteiger charge is 2.25. The second kappa shape index (κ2) is 8.03. The van der Waals surface area contributed by atoms with Crippen LogP contribution in [0.5, 0.6) is 0 Å². The van der Waals surface area contributed by atoms with Crippen molar-refractivity contribution < 1.29 is 9.90 Å². The maximum atomic E-state index is 12.1. The van der Waals surface area contributed by atoms with E-state index in [0.29, 0.717) is 6.54 Å². The van der Waals surface area contributed by atoms with Gasteiger partial charge in [0.05, 0.1) is 12.6 Å². The molecule has 4 heteroatoms. The van der Waals surface area contributed by atoms with E-state index < -0.39 is 0 Å². The summed E-state index contributed by atoms with van der Waals surface area (Å²) in [6.07, 6.45) is 4.96. The molecule has 1 aliphatic rings. The highest BCUT2D eigenvalue weighted by molar-refractivity contribution is 5.74. The Labute approximate surface area is 127 Å². The van der Waals surface area contributed by atoms with E-state index in [1.54, 1.807) is 4.90 Å². The second-order valence-corrected chi connectivity index (χ2v) is 5.85. The van der Waals surface area contributed by atoms with Crippen molar-refractivity contribution in [1.29, 1.82) is 0 Å². The molecule has 2 amide bonds. The van der Waals surface area contributed by atoms with Crippen molar-refractivity contribution in [3.8, 4) is 0 Å². The van der Waals surface area contributed by atoms with Crippen LogP contribution in [0.3, 0.4) is 0 Å². The van der Waals surface area contributed by atoms with E-state index in [4.69, 9.17) is 0 Å². The lowest BCUT2D eigenvalue weighted by Crippen LogP contribution is -2.50. The summed E-state index contributed by atoms with van der Waals surface area (Å²) >= 11 is 0. The Morgan fingerprint density at radius 3 is 3.05 bits per heavy atom. The molecule has 4 nitrogen and oxygen atoms in total. The van der Waals surface area contributed by atoms with Crippen molar-refractivity contribution in [1.82, 2.24) is 10.2 Å². The van der Waals surface area contributed by atoms with E-state index in [-0.39, 0.29) is 18.7 Å². The molecule has 1 aromatic carbocycles. The van der Waals surface area contributed by atoms with E-state index in [1.165, 1.54) is 11.1 Å². The van der Waals surface area contributed by atoms with Crippen LogP contribution in [0, 0.1) is 6.92 Å². The van der Waals surface area contributed by atoms with Gasteiger partial charge in [0.25, 0.3) is 0 Å². The Morgan fingerprint density at radius 2 is 2.29 bits per heavy atom. The molecular formula is C17H26N2O2. The zero-order valence-electron chi connectivity index (χ0n) is 12.8. The van der Waals surface area contributed by atoms with Crippen LogP contribution < -0.4 is 5.32 Å². The number of carbonyl (C=O) groups excluding carboxylic acids is 1. The van der Waals surface area contributed by atoms with Gasteiger partial charge in [-0.25, -0.2) is 4.79 Å². The molecule has 0 bridgehead atoms. The van der Waals surface area contributed by atoms with Gasteiger partial charge in [0.1, 0.15) is 0 Å². The number of aliphatic hydroxyl groups excluding tert-OH is 1. The number of piperidine rings is 1. The number of benzene rings is 1. The third kappa shape index (κ3) is 4.74. The molecule has 1 aromatic rings. The van der Waals surface area contributed by atoms with Crippen molar-refractivity contribution in [2.75, 3.05) is 19.7 Å². The maximum absolute atomic E-state index is 12.1. The van der Waals surface area contributed by atoms with Crippen LogP contribution in [0.1, 0.15) is 36.8 Å². The molecule has 2 rings (SSSR count). The van der Waals surface area contributed by atoms with Crippen LogP contribution in [-0.2, 0) is 6.42 Å². The summed E-state index contributed by atoms with van der Waals surface area (Å²) in [5, 5.41) is 12.3. The predicted octanol–water partition coefficient (Wildman–Crippen LogP) is 2.48. The largest absolute Gasteiger partial charge is 0.394 e. The van der Waals surface area contributed by atoms with Gasteiger partial charge in [-0.1, -0.05) is 29.8 Å². The Hall–Kier alpha value is -1.55. The number of nitrogens with zero attached hydrogens (tertiary/aromatic N) is 1. The first-order valence-corrected chi connectivity index (χ1v) is 7.91.